The van der Waals surface area contributed by atoms with Gasteiger partial charge in [-0.15, -0.1) is 0 Å². The van der Waals surface area contributed by atoms with E-state index in [4.69, 9.17) is 25.8 Å². The molecule has 0 atom stereocenters. The molecule has 0 aliphatic carbocycles. The first-order valence-electron chi connectivity index (χ1n) is 7.05. The third kappa shape index (κ3) is 4.55. The van der Waals surface area contributed by atoms with E-state index in [0.717, 1.165) is 10.0 Å². The molecule has 0 saturated carbocycles. The van der Waals surface area contributed by atoms with Gasteiger partial charge in [-0.2, -0.15) is 0 Å². The number of anilines is 1. The highest BCUT2D eigenvalue weighted by atomic mass is 79.9. The third-order valence-corrected chi connectivity index (χ3v) is 3.96. The van der Waals surface area contributed by atoms with Crippen LogP contribution in [0.1, 0.15) is 5.56 Å². The zero-order chi connectivity index (χ0) is 17.7. The van der Waals surface area contributed by atoms with Crippen molar-refractivity contribution >= 4 is 39.1 Å². The fourth-order valence-electron chi connectivity index (χ4n) is 2.11. The quantitative estimate of drug-likeness (QED) is 0.759. The summed E-state index contributed by atoms with van der Waals surface area (Å²) in [6.07, 6.45) is 0. The molecule has 0 aliphatic heterocycles. The molecule has 0 aromatic heterocycles. The normalized spacial score (nSPS) is 10.2. The van der Waals surface area contributed by atoms with Crippen molar-refractivity contribution < 1.29 is 19.0 Å². The van der Waals surface area contributed by atoms with E-state index in [9.17, 15) is 4.79 Å². The molecule has 7 heteroatoms. The Labute approximate surface area is 154 Å². The topological polar surface area (TPSA) is 56.8 Å². The maximum absolute atomic E-state index is 12.2. The van der Waals surface area contributed by atoms with Crippen LogP contribution in [0.2, 0.25) is 5.02 Å². The second-order valence-electron chi connectivity index (χ2n) is 4.94. The second-order valence-corrected chi connectivity index (χ2v) is 6.26. The Hall–Kier alpha value is -1.92. The van der Waals surface area contributed by atoms with Crippen LogP contribution in [0.15, 0.2) is 34.8 Å². The summed E-state index contributed by atoms with van der Waals surface area (Å²) in [7, 11) is 3.08. The van der Waals surface area contributed by atoms with E-state index in [0.29, 0.717) is 28.0 Å². The van der Waals surface area contributed by atoms with Gasteiger partial charge in [0, 0.05) is 10.5 Å². The van der Waals surface area contributed by atoms with Crippen LogP contribution in [0.3, 0.4) is 0 Å². The number of amides is 1. The fourth-order valence-corrected chi connectivity index (χ4v) is 3.13. The van der Waals surface area contributed by atoms with E-state index < -0.39 is 0 Å². The highest BCUT2D eigenvalue weighted by Crippen LogP contribution is 2.32. The predicted octanol–water partition coefficient (Wildman–Crippen LogP) is 4.45. The van der Waals surface area contributed by atoms with Gasteiger partial charge in [-0.05, 0) is 36.8 Å². The number of aryl methyl sites for hydroxylation is 1. The zero-order valence-corrected chi connectivity index (χ0v) is 15.8. The molecule has 0 radical (unpaired) electrons. The lowest BCUT2D eigenvalue weighted by atomic mass is 10.2. The molecule has 2 aromatic rings. The molecule has 5 nitrogen and oxygen atoms in total. The van der Waals surface area contributed by atoms with E-state index >= 15 is 0 Å². The summed E-state index contributed by atoms with van der Waals surface area (Å²) in [5.41, 5.74) is 1.34. The lowest BCUT2D eigenvalue weighted by Gasteiger charge is -2.14. The maximum Gasteiger partial charge on any atom is 0.262 e. The molecule has 0 unspecified atom stereocenters. The van der Waals surface area contributed by atoms with Crippen LogP contribution >= 0.6 is 27.5 Å². The molecule has 0 spiro atoms. The Kier molecular flexibility index (Phi) is 6.34. The number of nitrogens with one attached hydrogen (secondary N) is 1. The molecule has 0 bridgehead atoms. The molecule has 0 heterocycles. The van der Waals surface area contributed by atoms with E-state index in [-0.39, 0.29) is 12.5 Å². The van der Waals surface area contributed by atoms with Gasteiger partial charge in [-0.25, -0.2) is 0 Å². The summed E-state index contributed by atoms with van der Waals surface area (Å²) >= 11 is 9.50. The van der Waals surface area contributed by atoms with Gasteiger partial charge in [0.1, 0.15) is 17.2 Å². The average Bonchev–Trinajstić information content (AvgIpc) is 2.53. The Balaban J connectivity index is 2.07. The number of carbonyl (C=O) groups is 1. The van der Waals surface area contributed by atoms with Gasteiger partial charge in [-0.3, -0.25) is 4.79 Å². The van der Waals surface area contributed by atoms with Gasteiger partial charge < -0.3 is 19.5 Å². The first-order valence-corrected chi connectivity index (χ1v) is 8.22. The lowest BCUT2D eigenvalue weighted by Crippen LogP contribution is -2.21. The van der Waals surface area contributed by atoms with Crippen molar-refractivity contribution in [3.63, 3.8) is 0 Å². The van der Waals surface area contributed by atoms with Gasteiger partial charge in [0.2, 0.25) is 0 Å². The van der Waals surface area contributed by atoms with Crippen LogP contribution in [-0.2, 0) is 4.79 Å². The number of benzene rings is 2. The van der Waals surface area contributed by atoms with Crippen LogP contribution in [0.4, 0.5) is 5.69 Å². The first-order chi connectivity index (χ1) is 11.4. The summed E-state index contributed by atoms with van der Waals surface area (Å²) in [5.74, 6) is 1.29. The molecule has 2 aromatic carbocycles. The minimum absolute atomic E-state index is 0.178. The van der Waals surface area contributed by atoms with Crippen molar-refractivity contribution in [2.45, 2.75) is 6.92 Å². The number of hydrogen-bond acceptors (Lipinski definition) is 4. The number of ether oxygens (including phenoxy) is 3. The number of rotatable bonds is 6. The molecule has 1 amide bonds. The van der Waals surface area contributed by atoms with Gasteiger partial charge in [0.05, 0.1) is 24.9 Å². The van der Waals surface area contributed by atoms with Crippen molar-refractivity contribution in [2.75, 3.05) is 26.1 Å². The fraction of sp³-hybridized carbons (Fsp3) is 0.235. The molecule has 1 N–H and O–H groups in total. The van der Waals surface area contributed by atoms with Crippen LogP contribution in [0, 0.1) is 6.92 Å². The molecular formula is C17H17BrClNO4. The first kappa shape index (κ1) is 18.4. The molecule has 0 aliphatic rings. The Morgan fingerprint density at radius 3 is 2.58 bits per heavy atom. The highest BCUT2D eigenvalue weighted by Gasteiger charge is 2.12. The van der Waals surface area contributed by atoms with Crippen molar-refractivity contribution in [1.82, 2.24) is 0 Å². The van der Waals surface area contributed by atoms with Gasteiger partial charge in [-0.1, -0.05) is 27.5 Å². The van der Waals surface area contributed by atoms with Crippen LogP contribution in [-0.4, -0.2) is 26.7 Å². The Bertz CT molecular complexity index is 728. The number of hydrogen-bond donors (Lipinski definition) is 1. The second kappa shape index (κ2) is 8.26. The zero-order valence-electron chi connectivity index (χ0n) is 13.5. The standard InChI is InChI=1S/C17H17BrClNO4/c1-10-6-11(18)7-13(19)17(10)24-9-16(21)20-14-8-12(22-2)4-5-15(14)23-3/h4-8H,9H2,1-3H3,(H,20,21). The highest BCUT2D eigenvalue weighted by molar-refractivity contribution is 9.10. The van der Waals surface area contributed by atoms with Crippen molar-refractivity contribution in [3.8, 4) is 17.2 Å². The third-order valence-electron chi connectivity index (χ3n) is 3.22. The van der Waals surface area contributed by atoms with Crippen LogP contribution in [0.5, 0.6) is 17.2 Å². The van der Waals surface area contributed by atoms with E-state index in [1.54, 1.807) is 31.4 Å². The predicted molar refractivity (Wildman–Crippen MR) is 97.6 cm³/mol. The van der Waals surface area contributed by atoms with Crippen LogP contribution in [0.25, 0.3) is 0 Å². The summed E-state index contributed by atoms with van der Waals surface area (Å²) in [4.78, 5) is 12.2. The SMILES string of the molecule is COc1ccc(OC)c(NC(=O)COc2c(C)cc(Br)cc2Cl)c1. The molecular weight excluding hydrogens is 398 g/mol. The molecule has 2 rings (SSSR count). The summed E-state index contributed by atoms with van der Waals surface area (Å²) in [6, 6.07) is 8.71. The van der Waals surface area contributed by atoms with Crippen molar-refractivity contribution in [3.05, 3.63) is 45.4 Å². The van der Waals surface area contributed by atoms with Crippen molar-refractivity contribution in [1.29, 1.82) is 0 Å². The maximum atomic E-state index is 12.2. The average molecular weight is 415 g/mol. The van der Waals surface area contributed by atoms with E-state index in [1.807, 2.05) is 13.0 Å². The van der Waals surface area contributed by atoms with Gasteiger partial charge in [0.25, 0.3) is 5.91 Å². The Morgan fingerprint density at radius 1 is 1.21 bits per heavy atom. The summed E-state index contributed by atoms with van der Waals surface area (Å²) < 4.78 is 16.8. The minimum atomic E-state index is -0.333. The number of methoxy groups -OCH3 is 2. The van der Waals surface area contributed by atoms with Gasteiger partial charge in [0.15, 0.2) is 6.61 Å². The lowest BCUT2D eigenvalue weighted by molar-refractivity contribution is -0.118. The number of halogens is 2. The molecule has 0 fully saturated rings. The monoisotopic (exact) mass is 413 g/mol. The van der Waals surface area contributed by atoms with Crippen molar-refractivity contribution in [2.24, 2.45) is 0 Å². The number of carbonyl (C=O) groups excluding carboxylic acids is 1. The van der Waals surface area contributed by atoms with E-state index in [1.165, 1.54) is 7.11 Å². The molecule has 24 heavy (non-hydrogen) atoms. The molecule has 128 valence electrons. The smallest absolute Gasteiger partial charge is 0.262 e. The minimum Gasteiger partial charge on any atom is -0.497 e. The van der Waals surface area contributed by atoms with E-state index in [2.05, 4.69) is 21.2 Å². The van der Waals surface area contributed by atoms with Crippen LogP contribution < -0.4 is 19.5 Å². The molecule has 0 saturated heterocycles. The summed E-state index contributed by atoms with van der Waals surface area (Å²) in [6.45, 7) is 1.68. The Morgan fingerprint density at radius 2 is 1.96 bits per heavy atom. The van der Waals surface area contributed by atoms with Gasteiger partial charge >= 0.3 is 0 Å². The summed E-state index contributed by atoms with van der Waals surface area (Å²) in [5, 5.41) is 3.17. The largest absolute Gasteiger partial charge is 0.497 e.